The largest absolute Gasteiger partial charge is 0.366 e. The lowest BCUT2D eigenvalue weighted by molar-refractivity contribution is -0.0864. The van der Waals surface area contributed by atoms with Crippen molar-refractivity contribution in [2.24, 2.45) is 13.0 Å². The fraction of sp³-hybridized carbons (Fsp3) is 0.400. The highest BCUT2D eigenvalue weighted by molar-refractivity contribution is 5.94. The van der Waals surface area contributed by atoms with Gasteiger partial charge in [-0.05, 0) is 30.4 Å². The van der Waals surface area contributed by atoms with Crippen molar-refractivity contribution in [3.8, 4) is 0 Å². The predicted molar refractivity (Wildman–Crippen MR) is 94.4 cm³/mol. The van der Waals surface area contributed by atoms with Gasteiger partial charge in [0.15, 0.2) is 0 Å². The van der Waals surface area contributed by atoms with E-state index in [0.717, 1.165) is 5.56 Å². The molecular formula is C20H22N2O3. The number of amides is 1. The summed E-state index contributed by atoms with van der Waals surface area (Å²) in [6.45, 7) is 1.11. The second-order valence-corrected chi connectivity index (χ2v) is 6.99. The fourth-order valence-corrected chi connectivity index (χ4v) is 3.40. The van der Waals surface area contributed by atoms with Crippen LogP contribution in [0.4, 0.5) is 0 Å². The first-order valence-electron chi connectivity index (χ1n) is 8.78. The van der Waals surface area contributed by atoms with E-state index in [9.17, 15) is 9.59 Å². The second kappa shape index (κ2) is 6.48. The van der Waals surface area contributed by atoms with Gasteiger partial charge in [0.1, 0.15) is 6.10 Å². The molecule has 0 spiro atoms. The van der Waals surface area contributed by atoms with Crippen LogP contribution in [-0.4, -0.2) is 34.6 Å². The van der Waals surface area contributed by atoms with Crippen LogP contribution in [0.3, 0.4) is 0 Å². The Labute approximate surface area is 146 Å². The van der Waals surface area contributed by atoms with Gasteiger partial charge >= 0.3 is 0 Å². The van der Waals surface area contributed by atoms with E-state index in [-0.39, 0.29) is 23.7 Å². The molecular weight excluding hydrogens is 316 g/mol. The maximum Gasteiger partial charge on any atom is 0.254 e. The molecule has 1 aromatic carbocycles. The standard InChI is InChI=1S/C20H22N2O3/c1-21-10-9-16(11-19(21)23)20(24)22-12-17(14-5-3-2-4-6-14)25-18(13-22)15-7-8-15/h2-6,9-11,15,17-18H,7-8,12-13H2,1H3/t17-,18+/m0/s1. The number of morpholine rings is 1. The topological polar surface area (TPSA) is 51.5 Å². The Morgan fingerprint density at radius 1 is 1.12 bits per heavy atom. The summed E-state index contributed by atoms with van der Waals surface area (Å²) in [4.78, 5) is 26.7. The third kappa shape index (κ3) is 3.37. The smallest absolute Gasteiger partial charge is 0.254 e. The summed E-state index contributed by atoms with van der Waals surface area (Å²) in [5.41, 5.74) is 1.37. The van der Waals surface area contributed by atoms with Crippen molar-refractivity contribution in [1.29, 1.82) is 0 Å². The van der Waals surface area contributed by atoms with E-state index in [1.54, 1.807) is 19.3 Å². The van der Waals surface area contributed by atoms with Crippen LogP contribution in [0, 0.1) is 5.92 Å². The number of benzene rings is 1. The van der Waals surface area contributed by atoms with Crippen LogP contribution in [0.2, 0.25) is 0 Å². The van der Waals surface area contributed by atoms with Gasteiger partial charge in [0.2, 0.25) is 0 Å². The lowest BCUT2D eigenvalue weighted by Crippen LogP contribution is -2.48. The number of ether oxygens (including phenoxy) is 1. The van der Waals surface area contributed by atoms with Gasteiger partial charge in [-0.1, -0.05) is 30.3 Å². The molecule has 1 amide bonds. The first-order valence-corrected chi connectivity index (χ1v) is 8.78. The van der Waals surface area contributed by atoms with Crippen LogP contribution in [0.15, 0.2) is 53.5 Å². The van der Waals surface area contributed by atoms with Gasteiger partial charge in [0.05, 0.1) is 12.6 Å². The van der Waals surface area contributed by atoms with Crippen LogP contribution in [0.1, 0.15) is 34.9 Å². The molecule has 1 aromatic heterocycles. The summed E-state index contributed by atoms with van der Waals surface area (Å²) in [6, 6.07) is 13.2. The Kier molecular flexibility index (Phi) is 4.17. The average Bonchev–Trinajstić information content (AvgIpc) is 3.49. The summed E-state index contributed by atoms with van der Waals surface area (Å²) in [7, 11) is 1.68. The quantitative estimate of drug-likeness (QED) is 0.863. The molecule has 4 rings (SSSR count). The number of pyridine rings is 1. The Hall–Kier alpha value is -2.40. The minimum Gasteiger partial charge on any atom is -0.366 e. The van der Waals surface area contributed by atoms with Crippen molar-refractivity contribution in [2.75, 3.05) is 13.1 Å². The van der Waals surface area contributed by atoms with Crippen LogP contribution in [0.5, 0.6) is 0 Å². The molecule has 5 heteroatoms. The molecule has 1 aliphatic carbocycles. The lowest BCUT2D eigenvalue weighted by atomic mass is 10.0. The molecule has 5 nitrogen and oxygen atoms in total. The van der Waals surface area contributed by atoms with E-state index in [1.807, 2.05) is 35.2 Å². The summed E-state index contributed by atoms with van der Waals surface area (Å²) >= 11 is 0. The molecule has 0 unspecified atom stereocenters. The van der Waals surface area contributed by atoms with Crippen molar-refractivity contribution in [3.63, 3.8) is 0 Å². The van der Waals surface area contributed by atoms with E-state index < -0.39 is 0 Å². The maximum atomic E-state index is 13.0. The molecule has 1 aliphatic heterocycles. The van der Waals surface area contributed by atoms with Gasteiger partial charge in [-0.15, -0.1) is 0 Å². The van der Waals surface area contributed by atoms with Crippen molar-refractivity contribution >= 4 is 5.91 Å². The van der Waals surface area contributed by atoms with Gasteiger partial charge in [0.25, 0.3) is 11.5 Å². The van der Waals surface area contributed by atoms with E-state index in [1.165, 1.54) is 23.5 Å². The van der Waals surface area contributed by atoms with Crippen LogP contribution in [0.25, 0.3) is 0 Å². The summed E-state index contributed by atoms with van der Waals surface area (Å²) in [5.74, 6) is 0.457. The molecule has 130 valence electrons. The molecule has 2 heterocycles. The van der Waals surface area contributed by atoms with Crippen LogP contribution in [-0.2, 0) is 11.8 Å². The number of hydrogen-bond acceptors (Lipinski definition) is 3. The maximum absolute atomic E-state index is 13.0. The third-order valence-corrected chi connectivity index (χ3v) is 5.08. The van der Waals surface area contributed by atoms with Gasteiger partial charge in [-0.2, -0.15) is 0 Å². The Morgan fingerprint density at radius 3 is 2.56 bits per heavy atom. The monoisotopic (exact) mass is 338 g/mol. The van der Waals surface area contributed by atoms with E-state index >= 15 is 0 Å². The summed E-state index contributed by atoms with van der Waals surface area (Å²) < 4.78 is 7.76. The molecule has 2 aliphatic rings. The van der Waals surface area contributed by atoms with Crippen molar-refractivity contribution < 1.29 is 9.53 Å². The van der Waals surface area contributed by atoms with Crippen molar-refractivity contribution in [3.05, 3.63) is 70.1 Å². The van der Waals surface area contributed by atoms with E-state index in [2.05, 4.69) is 0 Å². The fourth-order valence-electron chi connectivity index (χ4n) is 3.40. The first-order chi connectivity index (χ1) is 12.1. The number of nitrogens with zero attached hydrogens (tertiary/aromatic N) is 2. The zero-order chi connectivity index (χ0) is 17.4. The Morgan fingerprint density at radius 2 is 1.88 bits per heavy atom. The number of rotatable bonds is 3. The Balaban J connectivity index is 1.59. The van der Waals surface area contributed by atoms with Gasteiger partial charge < -0.3 is 14.2 Å². The highest BCUT2D eigenvalue weighted by Gasteiger charge is 2.40. The molecule has 1 saturated carbocycles. The van der Waals surface area contributed by atoms with E-state index in [4.69, 9.17) is 4.74 Å². The van der Waals surface area contributed by atoms with E-state index in [0.29, 0.717) is 24.6 Å². The highest BCUT2D eigenvalue weighted by Crippen LogP contribution is 2.39. The zero-order valence-corrected chi connectivity index (χ0v) is 14.3. The number of aromatic nitrogens is 1. The van der Waals surface area contributed by atoms with Crippen LogP contribution < -0.4 is 5.56 Å². The first kappa shape index (κ1) is 16.1. The predicted octanol–water partition coefficient (Wildman–Crippen LogP) is 2.38. The van der Waals surface area contributed by atoms with Gasteiger partial charge in [-0.25, -0.2) is 0 Å². The molecule has 0 radical (unpaired) electrons. The van der Waals surface area contributed by atoms with Crippen molar-refractivity contribution in [1.82, 2.24) is 9.47 Å². The minimum absolute atomic E-state index is 0.0782. The number of aryl methyl sites for hydroxylation is 1. The second-order valence-electron chi connectivity index (χ2n) is 6.99. The molecule has 2 aromatic rings. The summed E-state index contributed by atoms with van der Waals surface area (Å²) in [6.07, 6.45) is 3.94. The molecule has 25 heavy (non-hydrogen) atoms. The zero-order valence-electron chi connectivity index (χ0n) is 14.3. The minimum atomic E-state index is -0.169. The SMILES string of the molecule is Cn1ccc(C(=O)N2C[C@@H](c3ccccc3)O[C@@H](C3CC3)C2)cc1=O. The van der Waals surface area contributed by atoms with Gasteiger partial charge in [0, 0.05) is 31.4 Å². The molecule has 2 atom stereocenters. The molecule has 1 saturated heterocycles. The molecule has 2 fully saturated rings. The van der Waals surface area contributed by atoms with Crippen LogP contribution >= 0.6 is 0 Å². The normalized spacial score (nSPS) is 23.5. The lowest BCUT2D eigenvalue weighted by Gasteiger charge is -2.38. The number of carbonyl (C=O) groups is 1. The average molecular weight is 338 g/mol. The van der Waals surface area contributed by atoms with Crippen molar-refractivity contribution in [2.45, 2.75) is 25.0 Å². The number of hydrogen-bond donors (Lipinski definition) is 0. The molecule has 0 bridgehead atoms. The third-order valence-electron chi connectivity index (χ3n) is 5.08. The van der Waals surface area contributed by atoms with Gasteiger partial charge in [-0.3, -0.25) is 9.59 Å². The highest BCUT2D eigenvalue weighted by atomic mass is 16.5. The Bertz CT molecular complexity index is 826. The summed E-state index contributed by atoms with van der Waals surface area (Å²) in [5, 5.41) is 0. The number of carbonyl (C=O) groups excluding carboxylic acids is 1. The molecule has 0 N–H and O–H groups in total.